The van der Waals surface area contributed by atoms with Crippen LogP contribution in [0.4, 0.5) is 0 Å². The number of hydrogen-bond donors (Lipinski definition) is 2. The molecule has 1 unspecified atom stereocenters. The standard InChI is InChI=1S/C26H22N2O4S/c1-32-18-10-8-16(9-11-18)24(29)22-23(21-7-4-14-33-21)28(26(31)25(22)30)13-12-17-15-27-20-6-3-2-5-19(17)20/h2-11,14-15,23,27,29H,12-13H2,1H3. The normalized spacial score (nSPS) is 17.7. The summed E-state index contributed by atoms with van der Waals surface area (Å²) in [5.74, 6) is -0.798. The van der Waals surface area contributed by atoms with Gasteiger partial charge in [0, 0.05) is 34.1 Å². The lowest BCUT2D eigenvalue weighted by Crippen LogP contribution is -2.31. The number of nitrogens with one attached hydrogen (secondary N) is 1. The SMILES string of the molecule is COc1ccc(C(O)=C2C(=O)C(=O)N(CCc3c[nH]c4ccccc34)C2c2cccs2)cc1. The van der Waals surface area contributed by atoms with Crippen molar-refractivity contribution in [2.24, 2.45) is 0 Å². The third-order valence-electron chi connectivity index (χ3n) is 6.01. The summed E-state index contributed by atoms with van der Waals surface area (Å²) in [5.41, 5.74) is 2.69. The lowest BCUT2D eigenvalue weighted by Gasteiger charge is -2.24. The quantitative estimate of drug-likeness (QED) is 0.245. The number of carbonyl (C=O) groups excluding carboxylic acids is 2. The van der Waals surface area contributed by atoms with Crippen LogP contribution in [0.2, 0.25) is 0 Å². The smallest absolute Gasteiger partial charge is 0.295 e. The zero-order valence-corrected chi connectivity index (χ0v) is 18.8. The maximum absolute atomic E-state index is 13.1. The van der Waals surface area contributed by atoms with Crippen molar-refractivity contribution in [3.05, 3.63) is 93.8 Å². The Hall–Kier alpha value is -3.84. The zero-order valence-electron chi connectivity index (χ0n) is 17.9. The highest BCUT2D eigenvalue weighted by Crippen LogP contribution is 2.41. The van der Waals surface area contributed by atoms with Crippen molar-refractivity contribution < 1.29 is 19.4 Å². The van der Waals surface area contributed by atoms with E-state index in [4.69, 9.17) is 4.74 Å². The molecule has 3 heterocycles. The number of ether oxygens (including phenoxy) is 1. The summed E-state index contributed by atoms with van der Waals surface area (Å²) in [7, 11) is 1.56. The largest absolute Gasteiger partial charge is 0.507 e. The molecule has 1 amide bonds. The molecule has 1 fully saturated rings. The fourth-order valence-electron chi connectivity index (χ4n) is 4.34. The Morgan fingerprint density at radius 3 is 2.61 bits per heavy atom. The van der Waals surface area contributed by atoms with E-state index in [-0.39, 0.29) is 11.3 Å². The summed E-state index contributed by atoms with van der Waals surface area (Å²) in [5, 5.41) is 14.1. The van der Waals surface area contributed by atoms with E-state index < -0.39 is 17.7 Å². The van der Waals surface area contributed by atoms with Crippen molar-refractivity contribution in [3.63, 3.8) is 0 Å². The number of nitrogens with zero attached hydrogens (tertiary/aromatic N) is 1. The molecular formula is C26H22N2O4S. The van der Waals surface area contributed by atoms with Crippen LogP contribution in [0.1, 0.15) is 22.0 Å². The topological polar surface area (TPSA) is 82.6 Å². The Labute approximate surface area is 194 Å². The highest BCUT2D eigenvalue weighted by Gasteiger charge is 2.46. The van der Waals surface area contributed by atoms with Gasteiger partial charge in [0.05, 0.1) is 18.7 Å². The van der Waals surface area contributed by atoms with Gasteiger partial charge < -0.3 is 19.7 Å². The molecular weight excluding hydrogens is 436 g/mol. The van der Waals surface area contributed by atoms with Crippen LogP contribution in [0.3, 0.4) is 0 Å². The van der Waals surface area contributed by atoms with Gasteiger partial charge in [0.2, 0.25) is 0 Å². The lowest BCUT2D eigenvalue weighted by molar-refractivity contribution is -0.139. The van der Waals surface area contributed by atoms with Gasteiger partial charge in [0.1, 0.15) is 11.5 Å². The number of hydrogen-bond acceptors (Lipinski definition) is 5. The number of carbonyl (C=O) groups is 2. The Kier molecular flexibility index (Phi) is 5.48. The molecule has 1 aliphatic rings. The summed E-state index contributed by atoms with van der Waals surface area (Å²) >= 11 is 1.46. The number of benzene rings is 2. The molecule has 7 heteroatoms. The number of aliphatic hydroxyl groups is 1. The minimum absolute atomic E-state index is 0.117. The Morgan fingerprint density at radius 2 is 1.88 bits per heavy atom. The molecule has 166 valence electrons. The van der Waals surface area contributed by atoms with E-state index in [9.17, 15) is 14.7 Å². The van der Waals surface area contributed by atoms with Gasteiger partial charge in [-0.05, 0) is 53.8 Å². The number of thiophene rings is 1. The number of aromatic nitrogens is 1. The predicted molar refractivity (Wildman–Crippen MR) is 128 cm³/mol. The summed E-state index contributed by atoms with van der Waals surface area (Å²) in [6.45, 7) is 0.356. The van der Waals surface area contributed by atoms with Crippen molar-refractivity contribution >= 4 is 39.7 Å². The number of methoxy groups -OCH3 is 1. The number of aromatic amines is 1. The molecule has 1 atom stereocenters. The average molecular weight is 459 g/mol. The second kappa shape index (κ2) is 8.60. The third kappa shape index (κ3) is 3.70. The third-order valence-corrected chi connectivity index (χ3v) is 6.94. The number of ketones is 1. The van der Waals surface area contributed by atoms with Crippen LogP contribution in [0.15, 0.2) is 77.8 Å². The van der Waals surface area contributed by atoms with Gasteiger partial charge in [-0.15, -0.1) is 11.3 Å². The van der Waals surface area contributed by atoms with E-state index >= 15 is 0 Å². The molecule has 0 saturated carbocycles. The molecule has 1 aliphatic heterocycles. The van der Waals surface area contributed by atoms with Gasteiger partial charge in [-0.2, -0.15) is 0 Å². The maximum Gasteiger partial charge on any atom is 0.295 e. The molecule has 1 saturated heterocycles. The number of fused-ring (bicyclic) bond motifs is 1. The Bertz CT molecular complexity index is 1350. The van der Waals surface area contributed by atoms with Crippen LogP contribution in [-0.4, -0.2) is 40.3 Å². The van der Waals surface area contributed by atoms with E-state index in [1.54, 1.807) is 36.3 Å². The van der Waals surface area contributed by atoms with Crippen molar-refractivity contribution in [2.75, 3.05) is 13.7 Å². The van der Waals surface area contributed by atoms with E-state index in [0.717, 1.165) is 21.3 Å². The molecule has 0 radical (unpaired) electrons. The summed E-state index contributed by atoms with van der Waals surface area (Å²) < 4.78 is 5.18. The number of para-hydroxylation sites is 1. The van der Waals surface area contributed by atoms with E-state index in [1.807, 2.05) is 48.0 Å². The molecule has 2 aromatic carbocycles. The van der Waals surface area contributed by atoms with Gasteiger partial charge in [0.15, 0.2) is 0 Å². The second-order valence-corrected chi connectivity index (χ2v) is 8.83. The second-order valence-electron chi connectivity index (χ2n) is 7.85. The fourth-order valence-corrected chi connectivity index (χ4v) is 5.18. The van der Waals surface area contributed by atoms with Crippen LogP contribution in [-0.2, 0) is 16.0 Å². The molecule has 4 aromatic rings. The number of aliphatic hydroxyl groups excluding tert-OH is 1. The Morgan fingerprint density at radius 1 is 1.09 bits per heavy atom. The van der Waals surface area contributed by atoms with Crippen molar-refractivity contribution in [3.8, 4) is 5.75 Å². The van der Waals surface area contributed by atoms with E-state index in [0.29, 0.717) is 24.3 Å². The van der Waals surface area contributed by atoms with E-state index in [2.05, 4.69) is 4.98 Å². The van der Waals surface area contributed by atoms with Gasteiger partial charge in [-0.3, -0.25) is 9.59 Å². The van der Waals surface area contributed by atoms with Crippen LogP contribution >= 0.6 is 11.3 Å². The molecule has 2 N–H and O–H groups in total. The average Bonchev–Trinajstić information content (AvgIpc) is 3.57. The minimum atomic E-state index is -0.666. The molecule has 33 heavy (non-hydrogen) atoms. The fraction of sp³-hybridized carbons (Fsp3) is 0.154. The van der Waals surface area contributed by atoms with Crippen molar-refractivity contribution in [1.82, 2.24) is 9.88 Å². The molecule has 0 spiro atoms. The minimum Gasteiger partial charge on any atom is -0.507 e. The van der Waals surface area contributed by atoms with Gasteiger partial charge in [-0.25, -0.2) is 0 Å². The molecule has 0 bridgehead atoms. The maximum atomic E-state index is 13.1. The number of amides is 1. The van der Waals surface area contributed by atoms with Crippen molar-refractivity contribution in [1.29, 1.82) is 0 Å². The van der Waals surface area contributed by atoms with Crippen LogP contribution in [0.5, 0.6) is 5.75 Å². The summed E-state index contributed by atoms with van der Waals surface area (Å²) in [6, 6.07) is 17.9. The molecule has 2 aromatic heterocycles. The first kappa shape index (κ1) is 21.0. The lowest BCUT2D eigenvalue weighted by atomic mass is 9.99. The Balaban J connectivity index is 1.52. The van der Waals surface area contributed by atoms with Crippen LogP contribution < -0.4 is 4.74 Å². The molecule has 6 nitrogen and oxygen atoms in total. The van der Waals surface area contributed by atoms with Gasteiger partial charge >= 0.3 is 0 Å². The number of H-pyrrole nitrogens is 1. The first-order valence-electron chi connectivity index (χ1n) is 10.6. The van der Waals surface area contributed by atoms with Crippen LogP contribution in [0.25, 0.3) is 16.7 Å². The van der Waals surface area contributed by atoms with E-state index in [1.165, 1.54) is 11.3 Å². The zero-order chi connectivity index (χ0) is 22.9. The number of likely N-dealkylation sites (tertiary alicyclic amines) is 1. The highest BCUT2D eigenvalue weighted by molar-refractivity contribution is 7.10. The molecule has 5 rings (SSSR count). The van der Waals surface area contributed by atoms with Gasteiger partial charge in [0.25, 0.3) is 11.7 Å². The number of Topliss-reactive ketones (excluding diaryl/α,β-unsaturated/α-hetero) is 1. The first-order chi connectivity index (χ1) is 16.1. The summed E-state index contributed by atoms with van der Waals surface area (Å²) in [4.78, 5) is 31.8. The van der Waals surface area contributed by atoms with Crippen LogP contribution in [0, 0.1) is 0 Å². The predicted octanol–water partition coefficient (Wildman–Crippen LogP) is 4.90. The monoisotopic (exact) mass is 458 g/mol. The molecule has 0 aliphatic carbocycles. The van der Waals surface area contributed by atoms with Crippen molar-refractivity contribution in [2.45, 2.75) is 12.5 Å². The highest BCUT2D eigenvalue weighted by atomic mass is 32.1. The first-order valence-corrected chi connectivity index (χ1v) is 11.5. The number of rotatable bonds is 6. The van der Waals surface area contributed by atoms with Gasteiger partial charge in [-0.1, -0.05) is 24.3 Å². The summed E-state index contributed by atoms with van der Waals surface area (Å²) in [6.07, 6.45) is 2.53.